The zero-order chi connectivity index (χ0) is 15.1. The van der Waals surface area contributed by atoms with Crippen LogP contribution in [-0.2, 0) is 0 Å². The molecule has 0 atom stereocenters. The van der Waals surface area contributed by atoms with Crippen LogP contribution >= 0.6 is 11.6 Å². The maximum atomic E-state index is 5.76. The van der Waals surface area contributed by atoms with Crippen LogP contribution in [-0.4, -0.2) is 24.3 Å². The van der Waals surface area contributed by atoms with Gasteiger partial charge in [-0.05, 0) is 0 Å². The van der Waals surface area contributed by atoms with E-state index in [0.717, 1.165) is 5.88 Å². The molecule has 0 unspecified atom stereocenters. The Bertz CT molecular complexity index is 204. The summed E-state index contributed by atoms with van der Waals surface area (Å²) in [5.74, 6) is 0.823. The second-order valence-corrected chi connectivity index (χ2v) is 19.6. The first kappa shape index (κ1) is 20.8. The van der Waals surface area contributed by atoms with Crippen molar-refractivity contribution in [1.29, 1.82) is 0 Å². The molecule has 0 radical (unpaired) electrons. The molecule has 0 amide bonds. The molecular weight excluding hydrogens is 370 g/mol. The molecule has 0 saturated carbocycles. The Morgan fingerprint density at radius 2 is 1.25 bits per heavy atom. The number of halogens is 1. The van der Waals surface area contributed by atoms with E-state index in [1.165, 1.54) is 57.8 Å². The second-order valence-electron chi connectivity index (χ2n) is 6.26. The molecule has 0 aliphatic carbocycles. The van der Waals surface area contributed by atoms with Crippen molar-refractivity contribution < 1.29 is 0 Å². The van der Waals surface area contributed by atoms with E-state index in [0.29, 0.717) is 0 Å². The molecule has 0 rings (SSSR count). The van der Waals surface area contributed by atoms with Crippen LogP contribution in [0, 0.1) is 0 Å². The summed E-state index contributed by atoms with van der Waals surface area (Å²) in [6.45, 7) is 7.04. The van der Waals surface area contributed by atoms with Crippen LogP contribution in [0.25, 0.3) is 0 Å². The first-order valence-corrected chi connectivity index (χ1v) is 17.2. The van der Waals surface area contributed by atoms with E-state index >= 15 is 0 Å². The number of unbranched alkanes of at least 4 members (excludes halogenated alkanes) is 5. The SMILES string of the molecule is CCC[CH2][Sn](/[CH]=C/CCCCCl)([CH2]CCC)[CH2]CCC. The summed E-state index contributed by atoms with van der Waals surface area (Å²) >= 11 is 3.80. The molecule has 0 saturated heterocycles. The summed E-state index contributed by atoms with van der Waals surface area (Å²) in [7, 11) is 0. The molecule has 0 aromatic carbocycles. The molecule has 20 heavy (non-hydrogen) atoms. The fraction of sp³-hybridized carbons (Fsp3) is 0.889. The molecule has 120 valence electrons. The zero-order valence-corrected chi connectivity index (χ0v) is 17.8. The van der Waals surface area contributed by atoms with E-state index in [9.17, 15) is 0 Å². The Morgan fingerprint density at radius 1 is 0.750 bits per heavy atom. The van der Waals surface area contributed by atoms with Crippen molar-refractivity contribution in [2.45, 2.75) is 91.9 Å². The summed E-state index contributed by atoms with van der Waals surface area (Å²) in [6.07, 6.45) is 14.8. The Morgan fingerprint density at radius 3 is 1.65 bits per heavy atom. The Balaban J connectivity index is 4.56. The van der Waals surface area contributed by atoms with E-state index in [4.69, 9.17) is 11.6 Å². The van der Waals surface area contributed by atoms with E-state index in [1.807, 2.05) is 0 Å². The summed E-state index contributed by atoms with van der Waals surface area (Å²) in [5, 5.41) is 0. The second kappa shape index (κ2) is 14.8. The molecule has 0 fully saturated rings. The van der Waals surface area contributed by atoms with Crippen LogP contribution in [0.3, 0.4) is 0 Å². The molecule has 0 heterocycles. The van der Waals surface area contributed by atoms with Crippen LogP contribution in [0.15, 0.2) is 10.2 Å². The van der Waals surface area contributed by atoms with Gasteiger partial charge in [-0.3, -0.25) is 0 Å². The van der Waals surface area contributed by atoms with Crippen molar-refractivity contribution in [1.82, 2.24) is 0 Å². The minimum atomic E-state index is -1.96. The summed E-state index contributed by atoms with van der Waals surface area (Å²) < 4.78 is 7.58. The van der Waals surface area contributed by atoms with Gasteiger partial charge in [0.1, 0.15) is 0 Å². The van der Waals surface area contributed by atoms with Gasteiger partial charge in [-0.15, -0.1) is 0 Å². The summed E-state index contributed by atoms with van der Waals surface area (Å²) in [6, 6.07) is 0. The predicted molar refractivity (Wildman–Crippen MR) is 98.6 cm³/mol. The van der Waals surface area contributed by atoms with Crippen LogP contribution in [0.2, 0.25) is 13.3 Å². The topological polar surface area (TPSA) is 0 Å². The Kier molecular flexibility index (Phi) is 15.4. The van der Waals surface area contributed by atoms with E-state index < -0.39 is 18.4 Å². The van der Waals surface area contributed by atoms with Gasteiger partial charge in [-0.2, -0.15) is 0 Å². The van der Waals surface area contributed by atoms with Gasteiger partial charge in [-0.25, -0.2) is 0 Å². The predicted octanol–water partition coefficient (Wildman–Crippen LogP) is 7.34. The zero-order valence-electron chi connectivity index (χ0n) is 14.2. The van der Waals surface area contributed by atoms with Crippen molar-refractivity contribution in [2.75, 3.05) is 5.88 Å². The Hall–Kier alpha value is 0.829. The van der Waals surface area contributed by atoms with Gasteiger partial charge in [0.05, 0.1) is 0 Å². The average Bonchev–Trinajstić information content (AvgIpc) is 2.48. The van der Waals surface area contributed by atoms with Crippen molar-refractivity contribution in [3.8, 4) is 0 Å². The van der Waals surface area contributed by atoms with Crippen LogP contribution in [0.1, 0.15) is 78.6 Å². The summed E-state index contributed by atoms with van der Waals surface area (Å²) in [5.41, 5.74) is 0. The van der Waals surface area contributed by atoms with Gasteiger partial charge < -0.3 is 0 Å². The van der Waals surface area contributed by atoms with Crippen molar-refractivity contribution in [3.63, 3.8) is 0 Å². The minimum absolute atomic E-state index is 0.823. The molecule has 0 aromatic heterocycles. The molecule has 0 aromatic rings. The molecule has 2 heteroatoms. The number of allylic oxidation sites excluding steroid dienone is 1. The summed E-state index contributed by atoms with van der Waals surface area (Å²) in [4.78, 5) is 0. The van der Waals surface area contributed by atoms with Crippen molar-refractivity contribution in [3.05, 3.63) is 10.2 Å². The molecule has 0 bridgehead atoms. The van der Waals surface area contributed by atoms with Gasteiger partial charge >= 0.3 is 138 Å². The number of hydrogen-bond acceptors (Lipinski definition) is 0. The monoisotopic (exact) mass is 408 g/mol. The molecule has 0 aliphatic rings. The number of rotatable bonds is 14. The van der Waals surface area contributed by atoms with E-state index in [1.54, 1.807) is 13.3 Å². The third kappa shape index (κ3) is 10.5. The molecule has 0 nitrogen and oxygen atoms in total. The van der Waals surface area contributed by atoms with Gasteiger partial charge in [0, 0.05) is 0 Å². The van der Waals surface area contributed by atoms with Crippen LogP contribution in [0.5, 0.6) is 0 Å². The standard InChI is InChI=1S/C6H10Cl.3C4H9.Sn/c1-2-3-4-5-6-7;3*1-3-4-2;/h1-2H,3-6H2;3*1,3-4H2,2H3;. The average molecular weight is 408 g/mol. The van der Waals surface area contributed by atoms with Crippen LogP contribution in [0.4, 0.5) is 0 Å². The first-order chi connectivity index (χ1) is 9.74. The molecule has 0 spiro atoms. The quantitative estimate of drug-likeness (QED) is 0.160. The van der Waals surface area contributed by atoms with Gasteiger partial charge in [0.2, 0.25) is 0 Å². The number of hydrogen-bond donors (Lipinski definition) is 0. The van der Waals surface area contributed by atoms with Gasteiger partial charge in [0.25, 0.3) is 0 Å². The fourth-order valence-corrected chi connectivity index (χ4v) is 17.6. The van der Waals surface area contributed by atoms with Gasteiger partial charge in [0.15, 0.2) is 0 Å². The maximum absolute atomic E-state index is 5.76. The molecular formula is C18H37ClSn. The van der Waals surface area contributed by atoms with E-state index in [-0.39, 0.29) is 0 Å². The van der Waals surface area contributed by atoms with Crippen LogP contribution < -0.4 is 0 Å². The van der Waals surface area contributed by atoms with E-state index in [2.05, 4.69) is 30.9 Å². The van der Waals surface area contributed by atoms with Gasteiger partial charge in [-0.1, -0.05) is 0 Å². The number of alkyl halides is 1. The fourth-order valence-electron chi connectivity index (χ4n) is 2.90. The first-order valence-electron chi connectivity index (χ1n) is 8.98. The van der Waals surface area contributed by atoms with Crippen molar-refractivity contribution >= 4 is 30.0 Å². The third-order valence-corrected chi connectivity index (χ3v) is 18.8. The Labute approximate surface area is 137 Å². The van der Waals surface area contributed by atoms with Crippen molar-refractivity contribution in [2.24, 2.45) is 0 Å². The molecule has 0 aliphatic heterocycles. The third-order valence-electron chi connectivity index (χ3n) is 4.31. The molecule has 0 N–H and O–H groups in total. The normalized spacial score (nSPS) is 12.4.